The first kappa shape index (κ1) is 21.2. The number of amides is 1. The van der Waals surface area contributed by atoms with Crippen LogP contribution >= 0.6 is 0 Å². The van der Waals surface area contributed by atoms with Crippen molar-refractivity contribution in [3.05, 3.63) is 39.4 Å². The van der Waals surface area contributed by atoms with E-state index < -0.39 is 28.6 Å². The molecule has 1 heterocycles. The van der Waals surface area contributed by atoms with Gasteiger partial charge in [0.05, 0.1) is 11.5 Å². The molecule has 1 saturated carbocycles. The molecule has 0 unspecified atom stereocenters. The number of carbonyl (C=O) groups excluding carboxylic acids is 1. The number of nitrogens with zero attached hydrogens (tertiary/aromatic N) is 2. The first-order valence-electron chi connectivity index (χ1n) is 9.92. The maximum atomic E-state index is 13.4. The molecule has 2 aliphatic rings. The number of aliphatic carboxylic acids is 1. The predicted molar refractivity (Wildman–Crippen MR) is 106 cm³/mol. The lowest BCUT2D eigenvalue weighted by molar-refractivity contribution is -0.385. The molecular weight excluding hydrogens is 376 g/mol. The van der Waals surface area contributed by atoms with Gasteiger partial charge in [0.2, 0.25) is 0 Å². The van der Waals surface area contributed by atoms with Crippen LogP contribution in [0.15, 0.2) is 18.2 Å². The summed E-state index contributed by atoms with van der Waals surface area (Å²) in [6.07, 6.45) is 2.76. The largest absolute Gasteiger partial charge is 0.480 e. The van der Waals surface area contributed by atoms with Gasteiger partial charge in [0, 0.05) is 17.2 Å². The Morgan fingerprint density at radius 1 is 1.28 bits per heavy atom. The number of hydrogen-bond acceptors (Lipinski definition) is 5. The van der Waals surface area contributed by atoms with E-state index in [1.54, 1.807) is 6.92 Å². The zero-order valence-corrected chi connectivity index (χ0v) is 17.3. The van der Waals surface area contributed by atoms with E-state index in [0.29, 0.717) is 24.3 Å². The highest BCUT2D eigenvalue weighted by Crippen LogP contribution is 2.47. The van der Waals surface area contributed by atoms with E-state index in [-0.39, 0.29) is 23.3 Å². The Kier molecular flexibility index (Phi) is 5.42. The predicted octanol–water partition coefficient (Wildman–Crippen LogP) is 3.76. The maximum Gasteiger partial charge on any atom is 0.328 e. The molecule has 8 heteroatoms. The first-order chi connectivity index (χ1) is 13.5. The summed E-state index contributed by atoms with van der Waals surface area (Å²) in [6, 6.07) is 3.15. The van der Waals surface area contributed by atoms with Crippen LogP contribution in [-0.4, -0.2) is 45.2 Å². The minimum Gasteiger partial charge on any atom is -0.480 e. The van der Waals surface area contributed by atoms with Crippen LogP contribution < -0.4 is 0 Å². The third-order valence-electron chi connectivity index (χ3n) is 6.41. The molecule has 8 nitrogen and oxygen atoms in total. The molecule has 3 rings (SSSR count). The zero-order chi connectivity index (χ0) is 21.6. The summed E-state index contributed by atoms with van der Waals surface area (Å²) in [5, 5.41) is 21.0. The van der Waals surface area contributed by atoms with Crippen molar-refractivity contribution in [2.24, 2.45) is 11.3 Å². The van der Waals surface area contributed by atoms with Gasteiger partial charge in [0.25, 0.3) is 11.6 Å². The minimum absolute atomic E-state index is 0.0742. The van der Waals surface area contributed by atoms with Gasteiger partial charge in [0.15, 0.2) is 6.04 Å². The lowest BCUT2D eigenvalue weighted by Crippen LogP contribution is -2.55. The van der Waals surface area contributed by atoms with Crippen LogP contribution in [-0.2, 0) is 9.53 Å². The smallest absolute Gasteiger partial charge is 0.328 e. The van der Waals surface area contributed by atoms with Crippen LogP contribution in [0.1, 0.15) is 62.4 Å². The van der Waals surface area contributed by atoms with Crippen LogP contribution in [0.2, 0.25) is 0 Å². The number of nitro groups is 1. The molecule has 1 spiro atoms. The molecule has 1 aliphatic heterocycles. The standard InChI is InChI=1S/C21H28N2O6/c1-13-5-6-14(11-16(13)23(27)28)18(24)22-17(19(25)26)12-29-21(22)9-7-15(8-10-21)20(2,3)4/h5-6,11,15,17H,7-10,12H2,1-4H3,(H,25,26)/t15?,17-,21?/m1/s1. The lowest BCUT2D eigenvalue weighted by atomic mass is 9.70. The third kappa shape index (κ3) is 3.85. The van der Waals surface area contributed by atoms with E-state index in [4.69, 9.17) is 4.74 Å². The number of benzene rings is 1. The van der Waals surface area contributed by atoms with Crippen LogP contribution in [0.5, 0.6) is 0 Å². The fraction of sp³-hybridized carbons (Fsp3) is 0.619. The summed E-state index contributed by atoms with van der Waals surface area (Å²) in [7, 11) is 0. The molecule has 1 aromatic rings. The number of rotatable bonds is 3. The zero-order valence-electron chi connectivity index (χ0n) is 17.3. The molecule has 2 fully saturated rings. The van der Waals surface area contributed by atoms with Crippen molar-refractivity contribution in [2.75, 3.05) is 6.61 Å². The van der Waals surface area contributed by atoms with Crippen molar-refractivity contribution < 1.29 is 24.4 Å². The van der Waals surface area contributed by atoms with E-state index >= 15 is 0 Å². The molecule has 29 heavy (non-hydrogen) atoms. The molecule has 1 atom stereocenters. The number of carboxylic acids is 1. The summed E-state index contributed by atoms with van der Waals surface area (Å²) in [6.45, 7) is 8.06. The molecule has 0 radical (unpaired) electrons. The monoisotopic (exact) mass is 404 g/mol. The second-order valence-corrected chi connectivity index (χ2v) is 9.19. The SMILES string of the molecule is Cc1ccc(C(=O)N2[C@@H](C(=O)O)COC23CCC(C(C)(C)C)CC3)cc1[N+](=O)[O-]. The fourth-order valence-corrected chi connectivity index (χ4v) is 4.57. The minimum atomic E-state index is -1.13. The van der Waals surface area contributed by atoms with Crippen molar-refractivity contribution >= 4 is 17.6 Å². The van der Waals surface area contributed by atoms with Gasteiger partial charge in [-0.15, -0.1) is 0 Å². The van der Waals surface area contributed by atoms with Gasteiger partial charge in [-0.3, -0.25) is 19.8 Å². The van der Waals surface area contributed by atoms with Crippen molar-refractivity contribution in [1.82, 2.24) is 4.90 Å². The van der Waals surface area contributed by atoms with Crippen molar-refractivity contribution in [3.8, 4) is 0 Å². The van der Waals surface area contributed by atoms with Gasteiger partial charge in [-0.1, -0.05) is 26.8 Å². The molecule has 0 aromatic heterocycles. The summed E-state index contributed by atoms with van der Waals surface area (Å²) < 4.78 is 5.96. The molecule has 1 N–H and O–H groups in total. The Hall–Kier alpha value is -2.48. The fourth-order valence-electron chi connectivity index (χ4n) is 4.57. The lowest BCUT2D eigenvalue weighted by Gasteiger charge is -2.46. The Balaban J connectivity index is 1.95. The number of hydrogen-bond donors (Lipinski definition) is 1. The van der Waals surface area contributed by atoms with E-state index in [1.807, 2.05) is 0 Å². The highest BCUT2D eigenvalue weighted by atomic mass is 16.6. The van der Waals surface area contributed by atoms with Gasteiger partial charge >= 0.3 is 5.97 Å². The number of carbonyl (C=O) groups is 2. The van der Waals surface area contributed by atoms with Gasteiger partial charge in [-0.2, -0.15) is 0 Å². The Bertz CT molecular complexity index is 836. The number of aryl methyl sites for hydroxylation is 1. The van der Waals surface area contributed by atoms with Gasteiger partial charge in [-0.05, 0) is 50.0 Å². The summed E-state index contributed by atoms with van der Waals surface area (Å²) in [5.41, 5.74) is -0.454. The highest BCUT2D eigenvalue weighted by molar-refractivity contribution is 5.98. The van der Waals surface area contributed by atoms with E-state index in [0.717, 1.165) is 12.8 Å². The summed E-state index contributed by atoms with van der Waals surface area (Å²) >= 11 is 0. The highest BCUT2D eigenvalue weighted by Gasteiger charge is 2.54. The second-order valence-electron chi connectivity index (χ2n) is 9.19. The van der Waals surface area contributed by atoms with Gasteiger partial charge < -0.3 is 9.84 Å². The normalized spacial score (nSPS) is 27.2. The van der Waals surface area contributed by atoms with Gasteiger partial charge in [-0.25, -0.2) is 4.79 Å². The molecule has 1 aromatic carbocycles. The average molecular weight is 404 g/mol. The Labute approximate surface area is 170 Å². The van der Waals surface area contributed by atoms with Crippen molar-refractivity contribution in [2.45, 2.75) is 65.1 Å². The van der Waals surface area contributed by atoms with E-state index in [9.17, 15) is 24.8 Å². The molecule has 1 amide bonds. The number of ether oxygens (including phenoxy) is 1. The van der Waals surface area contributed by atoms with Crippen LogP contribution in [0.4, 0.5) is 5.69 Å². The topological polar surface area (TPSA) is 110 Å². The van der Waals surface area contributed by atoms with Crippen LogP contribution in [0, 0.1) is 28.4 Å². The van der Waals surface area contributed by atoms with E-state index in [1.165, 1.54) is 23.1 Å². The van der Waals surface area contributed by atoms with Crippen molar-refractivity contribution in [1.29, 1.82) is 0 Å². The summed E-state index contributed by atoms with van der Waals surface area (Å²) in [4.78, 5) is 37.3. The molecule has 1 saturated heterocycles. The van der Waals surface area contributed by atoms with Crippen LogP contribution in [0.3, 0.4) is 0 Å². The first-order valence-corrected chi connectivity index (χ1v) is 9.92. The quantitative estimate of drug-likeness (QED) is 0.607. The van der Waals surface area contributed by atoms with Gasteiger partial charge in [0.1, 0.15) is 5.72 Å². The second kappa shape index (κ2) is 7.40. The molecule has 1 aliphatic carbocycles. The maximum absolute atomic E-state index is 13.4. The Morgan fingerprint density at radius 2 is 1.90 bits per heavy atom. The number of carboxylic acid groups (broad SMARTS) is 1. The van der Waals surface area contributed by atoms with Crippen molar-refractivity contribution in [3.63, 3.8) is 0 Å². The Morgan fingerprint density at radius 3 is 2.41 bits per heavy atom. The number of nitro benzene ring substituents is 1. The van der Waals surface area contributed by atoms with Crippen LogP contribution in [0.25, 0.3) is 0 Å². The average Bonchev–Trinajstić information content (AvgIpc) is 2.99. The molecule has 158 valence electrons. The molecular formula is C21H28N2O6. The summed E-state index contributed by atoms with van der Waals surface area (Å²) in [5.74, 6) is -1.21. The van der Waals surface area contributed by atoms with E-state index in [2.05, 4.69) is 20.8 Å². The third-order valence-corrected chi connectivity index (χ3v) is 6.41. The molecule has 0 bridgehead atoms.